The molecule has 1 aromatic rings. The van der Waals surface area contributed by atoms with Crippen molar-refractivity contribution in [2.45, 2.75) is 30.2 Å². The molecule has 0 saturated carbocycles. The molecule has 18 heavy (non-hydrogen) atoms. The number of nitrogens with zero attached hydrogens (tertiary/aromatic N) is 1. The van der Waals surface area contributed by atoms with Gasteiger partial charge >= 0.3 is 0 Å². The largest absolute Gasteiger partial charge is 0.329 e. The quantitative estimate of drug-likeness (QED) is 0.923. The van der Waals surface area contributed by atoms with Gasteiger partial charge in [-0.3, -0.25) is 0 Å². The third-order valence-electron chi connectivity index (χ3n) is 3.25. The van der Waals surface area contributed by atoms with Crippen molar-refractivity contribution in [2.24, 2.45) is 5.73 Å². The fraction of sp³-hybridized carbons (Fsp3) is 0.500. The molecule has 0 aromatic heterocycles. The zero-order chi connectivity index (χ0) is 13.2. The van der Waals surface area contributed by atoms with Crippen LogP contribution in [0.3, 0.4) is 0 Å². The van der Waals surface area contributed by atoms with Gasteiger partial charge in [-0.1, -0.05) is 24.1 Å². The second kappa shape index (κ2) is 5.57. The predicted molar refractivity (Wildman–Crippen MR) is 72.0 cm³/mol. The Balaban J connectivity index is 2.35. The number of nitrogens with two attached hydrogens (primary N) is 1. The molecule has 0 spiro atoms. The van der Waals surface area contributed by atoms with Crippen LogP contribution in [0.5, 0.6) is 0 Å². The monoisotopic (exact) mass is 288 g/mol. The van der Waals surface area contributed by atoms with Crippen molar-refractivity contribution >= 4 is 21.6 Å². The lowest BCUT2D eigenvalue weighted by Crippen LogP contribution is -2.47. The van der Waals surface area contributed by atoms with Gasteiger partial charge in [0.25, 0.3) is 0 Å². The SMILES string of the molecule is NCC1CCCCN1S(=O)(=O)c1cccc(Cl)c1. The molecule has 1 aromatic carbocycles. The molecule has 100 valence electrons. The Morgan fingerprint density at radius 1 is 1.39 bits per heavy atom. The van der Waals surface area contributed by atoms with Gasteiger partial charge in [-0.15, -0.1) is 0 Å². The van der Waals surface area contributed by atoms with Gasteiger partial charge in [0.05, 0.1) is 4.90 Å². The van der Waals surface area contributed by atoms with Gasteiger partial charge in [0.1, 0.15) is 0 Å². The maximum Gasteiger partial charge on any atom is 0.243 e. The van der Waals surface area contributed by atoms with Crippen molar-refractivity contribution in [3.05, 3.63) is 29.3 Å². The second-order valence-electron chi connectivity index (χ2n) is 4.46. The third kappa shape index (κ3) is 2.69. The van der Waals surface area contributed by atoms with E-state index < -0.39 is 10.0 Å². The minimum atomic E-state index is -3.48. The number of sulfonamides is 1. The van der Waals surface area contributed by atoms with E-state index in [4.69, 9.17) is 17.3 Å². The van der Waals surface area contributed by atoms with Crippen molar-refractivity contribution in [1.82, 2.24) is 4.31 Å². The van der Waals surface area contributed by atoms with Crippen LogP contribution in [-0.2, 0) is 10.0 Å². The van der Waals surface area contributed by atoms with E-state index in [-0.39, 0.29) is 10.9 Å². The average molecular weight is 289 g/mol. The Hall–Kier alpha value is -0.620. The smallest absolute Gasteiger partial charge is 0.243 e. The number of rotatable bonds is 3. The van der Waals surface area contributed by atoms with Gasteiger partial charge in [-0.05, 0) is 31.0 Å². The first-order chi connectivity index (χ1) is 8.55. The summed E-state index contributed by atoms with van der Waals surface area (Å²) in [5.74, 6) is 0. The molecule has 4 nitrogen and oxygen atoms in total. The van der Waals surface area contributed by atoms with E-state index in [1.807, 2.05) is 0 Å². The highest BCUT2D eigenvalue weighted by Gasteiger charge is 2.32. The Morgan fingerprint density at radius 2 is 2.17 bits per heavy atom. The maximum atomic E-state index is 12.5. The number of hydrogen-bond donors (Lipinski definition) is 1. The Labute approximate surface area is 113 Å². The van der Waals surface area contributed by atoms with Crippen LogP contribution in [0.1, 0.15) is 19.3 Å². The maximum absolute atomic E-state index is 12.5. The molecular formula is C12H17ClN2O2S. The van der Waals surface area contributed by atoms with E-state index >= 15 is 0 Å². The second-order valence-corrected chi connectivity index (χ2v) is 6.79. The Morgan fingerprint density at radius 3 is 2.83 bits per heavy atom. The zero-order valence-electron chi connectivity index (χ0n) is 10.0. The number of halogens is 1. The number of benzene rings is 1. The van der Waals surface area contributed by atoms with E-state index in [0.717, 1.165) is 19.3 Å². The van der Waals surface area contributed by atoms with E-state index in [1.54, 1.807) is 18.2 Å². The average Bonchev–Trinajstić information content (AvgIpc) is 2.38. The van der Waals surface area contributed by atoms with Crippen LogP contribution >= 0.6 is 11.6 Å². The van der Waals surface area contributed by atoms with Gasteiger partial charge in [0.2, 0.25) is 10.0 Å². The van der Waals surface area contributed by atoms with Crippen LogP contribution in [0.4, 0.5) is 0 Å². The number of hydrogen-bond acceptors (Lipinski definition) is 3. The van der Waals surface area contributed by atoms with Crippen molar-refractivity contribution in [2.75, 3.05) is 13.1 Å². The van der Waals surface area contributed by atoms with E-state index in [9.17, 15) is 8.42 Å². The Bertz CT molecular complexity index is 519. The van der Waals surface area contributed by atoms with Crippen LogP contribution in [0.15, 0.2) is 29.2 Å². The molecule has 0 aliphatic carbocycles. The van der Waals surface area contributed by atoms with E-state index in [2.05, 4.69) is 0 Å². The molecule has 2 N–H and O–H groups in total. The third-order valence-corrected chi connectivity index (χ3v) is 5.43. The summed E-state index contributed by atoms with van der Waals surface area (Å²) in [4.78, 5) is 0.246. The van der Waals surface area contributed by atoms with Gasteiger partial charge in [0.15, 0.2) is 0 Å². The van der Waals surface area contributed by atoms with Crippen LogP contribution in [0.25, 0.3) is 0 Å². The van der Waals surface area contributed by atoms with Crippen LogP contribution in [0, 0.1) is 0 Å². The van der Waals surface area contributed by atoms with Gasteiger partial charge in [-0.25, -0.2) is 8.42 Å². The molecule has 1 aliphatic rings. The molecule has 0 bridgehead atoms. The molecule has 2 rings (SSSR count). The highest BCUT2D eigenvalue weighted by molar-refractivity contribution is 7.89. The first-order valence-electron chi connectivity index (χ1n) is 6.03. The summed E-state index contributed by atoms with van der Waals surface area (Å²) in [6.45, 7) is 0.899. The molecule has 1 saturated heterocycles. The normalized spacial score (nSPS) is 22.0. The lowest BCUT2D eigenvalue weighted by Gasteiger charge is -2.33. The standard InChI is InChI=1S/C12H17ClN2O2S/c13-10-4-3-6-12(8-10)18(16,17)15-7-2-1-5-11(15)9-14/h3-4,6,8,11H,1-2,5,7,9,14H2. The molecular weight excluding hydrogens is 272 g/mol. The van der Waals surface area contributed by atoms with Gasteiger partial charge in [0, 0.05) is 24.2 Å². The summed E-state index contributed by atoms with van der Waals surface area (Å²) in [5, 5.41) is 0.428. The fourth-order valence-corrected chi connectivity index (χ4v) is 4.29. The lowest BCUT2D eigenvalue weighted by atomic mass is 10.1. The zero-order valence-corrected chi connectivity index (χ0v) is 11.6. The molecule has 1 unspecified atom stereocenters. The van der Waals surface area contributed by atoms with Crippen molar-refractivity contribution in [3.63, 3.8) is 0 Å². The Kier molecular flexibility index (Phi) is 4.27. The molecule has 1 atom stereocenters. The van der Waals surface area contributed by atoms with Crippen LogP contribution in [0.2, 0.25) is 5.02 Å². The molecule has 1 aliphatic heterocycles. The summed E-state index contributed by atoms with van der Waals surface area (Å²) in [5.41, 5.74) is 5.67. The minimum absolute atomic E-state index is 0.0947. The molecule has 0 radical (unpaired) electrons. The summed E-state index contributed by atoms with van der Waals surface area (Å²) in [6, 6.07) is 6.28. The van der Waals surface area contributed by atoms with E-state index in [1.165, 1.54) is 10.4 Å². The van der Waals surface area contributed by atoms with Crippen molar-refractivity contribution < 1.29 is 8.42 Å². The van der Waals surface area contributed by atoms with E-state index in [0.29, 0.717) is 18.1 Å². The molecule has 6 heteroatoms. The topological polar surface area (TPSA) is 63.4 Å². The molecule has 1 heterocycles. The van der Waals surface area contributed by atoms with Gasteiger partial charge in [-0.2, -0.15) is 4.31 Å². The summed E-state index contributed by atoms with van der Waals surface area (Å²) in [7, 11) is -3.48. The van der Waals surface area contributed by atoms with Crippen molar-refractivity contribution in [3.8, 4) is 0 Å². The van der Waals surface area contributed by atoms with Crippen LogP contribution in [-0.4, -0.2) is 31.9 Å². The first-order valence-corrected chi connectivity index (χ1v) is 7.85. The summed E-state index contributed by atoms with van der Waals surface area (Å²) < 4.78 is 26.6. The van der Waals surface area contributed by atoms with Crippen molar-refractivity contribution in [1.29, 1.82) is 0 Å². The first kappa shape index (κ1) is 13.8. The predicted octanol–water partition coefficient (Wildman–Crippen LogP) is 1.84. The highest BCUT2D eigenvalue weighted by atomic mass is 35.5. The molecule has 0 amide bonds. The lowest BCUT2D eigenvalue weighted by molar-refractivity contribution is 0.257. The number of piperidine rings is 1. The highest BCUT2D eigenvalue weighted by Crippen LogP contribution is 2.26. The fourth-order valence-electron chi connectivity index (χ4n) is 2.29. The summed E-state index contributed by atoms with van der Waals surface area (Å²) >= 11 is 5.85. The summed E-state index contributed by atoms with van der Waals surface area (Å²) in [6.07, 6.45) is 2.75. The minimum Gasteiger partial charge on any atom is -0.329 e. The van der Waals surface area contributed by atoms with Gasteiger partial charge < -0.3 is 5.73 Å². The molecule has 1 fully saturated rings. The van der Waals surface area contributed by atoms with Crippen LogP contribution < -0.4 is 5.73 Å².